The molecule has 7 nitrogen and oxygen atoms in total. The lowest BCUT2D eigenvalue weighted by Crippen LogP contribution is -2.29. The summed E-state index contributed by atoms with van der Waals surface area (Å²) in [7, 11) is 0. The number of hydrogen-bond acceptors (Lipinski definition) is 6. The Bertz CT molecular complexity index is 1180. The summed E-state index contributed by atoms with van der Waals surface area (Å²) in [6.07, 6.45) is 4.57. The fraction of sp³-hybridized carbons (Fsp3) is 0.348. The largest absolute Gasteiger partial charge is 0.352 e. The first-order valence-electron chi connectivity index (χ1n) is 10.7. The first kappa shape index (κ1) is 21.4. The van der Waals surface area contributed by atoms with Crippen LogP contribution in [-0.4, -0.2) is 51.4 Å². The molecular formula is C23H28N6OS. The molecule has 162 valence electrons. The number of aromatic nitrogens is 3. The number of thiazole rings is 1. The monoisotopic (exact) mass is 436 g/mol. The van der Waals surface area contributed by atoms with E-state index < -0.39 is 0 Å². The SMILES string of the molecule is CCN(CC)CCCNC(=O)c1cnc2c(c1)sc1nc(-c3ccc(CN)cc3)cn12. The molecule has 1 amide bonds. The Morgan fingerprint density at radius 1 is 1.23 bits per heavy atom. The molecule has 0 aliphatic heterocycles. The van der Waals surface area contributed by atoms with Crippen LogP contribution in [0.25, 0.3) is 26.6 Å². The van der Waals surface area contributed by atoms with E-state index in [0.29, 0.717) is 18.7 Å². The quantitative estimate of drug-likeness (QED) is 0.392. The lowest BCUT2D eigenvalue weighted by molar-refractivity contribution is 0.0951. The Labute approximate surface area is 185 Å². The van der Waals surface area contributed by atoms with Crippen molar-refractivity contribution in [1.82, 2.24) is 24.6 Å². The molecule has 0 unspecified atom stereocenters. The van der Waals surface area contributed by atoms with Crippen LogP contribution in [0.1, 0.15) is 36.2 Å². The number of nitrogens with one attached hydrogen (secondary N) is 1. The van der Waals surface area contributed by atoms with Gasteiger partial charge in [0.25, 0.3) is 5.91 Å². The van der Waals surface area contributed by atoms with Crippen LogP contribution in [0.3, 0.4) is 0 Å². The number of nitrogens with zero attached hydrogens (tertiary/aromatic N) is 4. The number of pyridine rings is 1. The zero-order valence-electron chi connectivity index (χ0n) is 18.0. The number of imidazole rings is 1. The minimum absolute atomic E-state index is 0.0827. The normalized spacial score (nSPS) is 11.6. The molecule has 4 aromatic rings. The van der Waals surface area contributed by atoms with Crippen molar-refractivity contribution in [3.63, 3.8) is 0 Å². The number of carbonyl (C=O) groups is 1. The molecule has 0 saturated heterocycles. The summed E-state index contributed by atoms with van der Waals surface area (Å²) in [6, 6.07) is 10.0. The van der Waals surface area contributed by atoms with Gasteiger partial charge in [0, 0.05) is 31.0 Å². The van der Waals surface area contributed by atoms with Crippen molar-refractivity contribution in [2.24, 2.45) is 5.73 Å². The number of benzene rings is 1. The zero-order chi connectivity index (χ0) is 21.8. The first-order valence-corrected chi connectivity index (χ1v) is 11.5. The van der Waals surface area contributed by atoms with Crippen molar-refractivity contribution >= 4 is 32.6 Å². The molecule has 0 spiro atoms. The Morgan fingerprint density at radius 2 is 2.00 bits per heavy atom. The van der Waals surface area contributed by atoms with Crippen LogP contribution >= 0.6 is 11.3 Å². The van der Waals surface area contributed by atoms with Gasteiger partial charge >= 0.3 is 0 Å². The van der Waals surface area contributed by atoms with E-state index in [0.717, 1.165) is 58.2 Å². The third kappa shape index (κ3) is 4.61. The van der Waals surface area contributed by atoms with Crippen LogP contribution in [-0.2, 0) is 6.54 Å². The lowest BCUT2D eigenvalue weighted by atomic mass is 10.1. The average molecular weight is 437 g/mol. The topological polar surface area (TPSA) is 88.5 Å². The van der Waals surface area contributed by atoms with Gasteiger partial charge in [-0.1, -0.05) is 49.4 Å². The van der Waals surface area contributed by atoms with Crippen molar-refractivity contribution in [3.8, 4) is 11.3 Å². The summed E-state index contributed by atoms with van der Waals surface area (Å²) in [5, 5.41) is 3.00. The van der Waals surface area contributed by atoms with Crippen LogP contribution in [0.2, 0.25) is 0 Å². The minimum Gasteiger partial charge on any atom is -0.352 e. The molecular weight excluding hydrogens is 408 g/mol. The summed E-state index contributed by atoms with van der Waals surface area (Å²) in [6.45, 7) is 8.55. The molecule has 3 heterocycles. The zero-order valence-corrected chi connectivity index (χ0v) is 18.8. The molecule has 8 heteroatoms. The maximum absolute atomic E-state index is 12.5. The van der Waals surface area contributed by atoms with Crippen molar-refractivity contribution in [2.75, 3.05) is 26.2 Å². The number of rotatable bonds is 9. The van der Waals surface area contributed by atoms with Gasteiger partial charge in [-0.05, 0) is 37.7 Å². The summed E-state index contributed by atoms with van der Waals surface area (Å²) in [4.78, 5) is 25.0. The van der Waals surface area contributed by atoms with Gasteiger partial charge in [0.1, 0.15) is 0 Å². The molecule has 0 aliphatic carbocycles. The number of fused-ring (bicyclic) bond motifs is 3. The van der Waals surface area contributed by atoms with Gasteiger partial charge in [0.2, 0.25) is 0 Å². The van der Waals surface area contributed by atoms with E-state index in [1.54, 1.807) is 6.20 Å². The highest BCUT2D eigenvalue weighted by molar-refractivity contribution is 7.23. The Kier molecular flexibility index (Phi) is 6.60. The molecule has 0 radical (unpaired) electrons. The molecule has 4 rings (SSSR count). The van der Waals surface area contributed by atoms with Gasteiger partial charge in [-0.25, -0.2) is 9.97 Å². The summed E-state index contributed by atoms with van der Waals surface area (Å²) >= 11 is 1.54. The Hall–Kier alpha value is -2.81. The second-order valence-corrected chi connectivity index (χ2v) is 8.47. The van der Waals surface area contributed by atoms with E-state index >= 15 is 0 Å². The molecule has 1 aromatic carbocycles. The van der Waals surface area contributed by atoms with Gasteiger partial charge in [0.05, 0.1) is 16.0 Å². The summed E-state index contributed by atoms with van der Waals surface area (Å²) in [5.41, 5.74) is 10.1. The molecule has 0 saturated carbocycles. The standard InChI is InChI=1S/C23H28N6OS/c1-3-28(4-2)11-5-10-25-22(30)18-12-20-21(26-14-18)29-15-19(27-23(29)31-20)17-8-6-16(13-24)7-9-17/h6-9,12,14-15H,3-5,10-11,13,24H2,1-2H3,(H,25,30). The molecule has 3 aromatic heterocycles. The number of hydrogen-bond donors (Lipinski definition) is 2. The summed E-state index contributed by atoms with van der Waals surface area (Å²) < 4.78 is 2.93. The second kappa shape index (κ2) is 9.55. The third-order valence-corrected chi connectivity index (χ3v) is 6.51. The Balaban J connectivity index is 1.47. The highest BCUT2D eigenvalue weighted by atomic mass is 32.1. The second-order valence-electron chi connectivity index (χ2n) is 7.46. The first-order chi connectivity index (χ1) is 15.1. The van der Waals surface area contributed by atoms with Crippen LogP contribution in [0, 0.1) is 0 Å². The minimum atomic E-state index is -0.0827. The van der Waals surface area contributed by atoms with Crippen LogP contribution in [0.4, 0.5) is 0 Å². The third-order valence-electron chi connectivity index (χ3n) is 5.51. The van der Waals surface area contributed by atoms with Gasteiger partial charge in [0.15, 0.2) is 10.6 Å². The van der Waals surface area contributed by atoms with Crippen LogP contribution in [0.5, 0.6) is 0 Å². The predicted molar refractivity (Wildman–Crippen MR) is 126 cm³/mol. The smallest absolute Gasteiger partial charge is 0.252 e. The fourth-order valence-electron chi connectivity index (χ4n) is 3.60. The summed E-state index contributed by atoms with van der Waals surface area (Å²) in [5.74, 6) is -0.0827. The Morgan fingerprint density at radius 3 is 2.71 bits per heavy atom. The fourth-order valence-corrected chi connectivity index (χ4v) is 4.61. The van der Waals surface area contributed by atoms with Crippen molar-refractivity contribution in [2.45, 2.75) is 26.8 Å². The molecule has 0 bridgehead atoms. The molecule has 3 N–H and O–H groups in total. The predicted octanol–water partition coefficient (Wildman–Crippen LogP) is 3.53. The van der Waals surface area contributed by atoms with Crippen molar-refractivity contribution in [3.05, 3.63) is 53.9 Å². The molecule has 0 fully saturated rings. The maximum Gasteiger partial charge on any atom is 0.252 e. The molecule has 0 atom stereocenters. The number of nitrogens with two attached hydrogens (primary N) is 1. The maximum atomic E-state index is 12.5. The van der Waals surface area contributed by atoms with Gasteiger partial charge in [-0.2, -0.15) is 0 Å². The van der Waals surface area contributed by atoms with E-state index in [4.69, 9.17) is 10.7 Å². The number of carbonyl (C=O) groups excluding carboxylic acids is 1. The highest BCUT2D eigenvalue weighted by Gasteiger charge is 2.14. The van der Waals surface area contributed by atoms with Gasteiger partial charge < -0.3 is 16.0 Å². The van der Waals surface area contributed by atoms with E-state index in [2.05, 4.69) is 29.0 Å². The number of amides is 1. The van der Waals surface area contributed by atoms with E-state index in [-0.39, 0.29) is 5.91 Å². The van der Waals surface area contributed by atoms with E-state index in [1.165, 1.54) is 11.3 Å². The molecule has 0 aliphatic rings. The van der Waals surface area contributed by atoms with Crippen LogP contribution in [0.15, 0.2) is 42.7 Å². The average Bonchev–Trinajstić information content (AvgIpc) is 3.36. The van der Waals surface area contributed by atoms with E-state index in [1.807, 2.05) is 40.9 Å². The van der Waals surface area contributed by atoms with Crippen molar-refractivity contribution < 1.29 is 4.79 Å². The lowest BCUT2D eigenvalue weighted by Gasteiger charge is -2.17. The van der Waals surface area contributed by atoms with Gasteiger partial charge in [-0.3, -0.25) is 9.20 Å². The van der Waals surface area contributed by atoms with E-state index in [9.17, 15) is 4.79 Å². The van der Waals surface area contributed by atoms with Crippen molar-refractivity contribution in [1.29, 1.82) is 0 Å². The van der Waals surface area contributed by atoms with Crippen LogP contribution < -0.4 is 11.1 Å². The highest BCUT2D eigenvalue weighted by Crippen LogP contribution is 2.29. The molecule has 31 heavy (non-hydrogen) atoms. The van der Waals surface area contributed by atoms with Gasteiger partial charge in [-0.15, -0.1) is 0 Å².